The summed E-state index contributed by atoms with van der Waals surface area (Å²) in [5, 5.41) is 17.7. The van der Waals surface area contributed by atoms with Gasteiger partial charge in [-0.1, -0.05) is 6.92 Å². The molecular weight excluding hydrogens is 897 g/mol. The van der Waals surface area contributed by atoms with Gasteiger partial charge in [-0.05, 0) is 28.1 Å². The number of H-pyrrole nitrogens is 1. The SMILES string of the molecule is COc1nn(C)cc1Nc1nc(N2C[C@@H](F)[C@H](NC(=O)C(C)COC(=O)N3CCN(c4nc(NCc5nc6c(F)c(F)ccc6[nH]5)n5ncc(Br)c5n4)CC3)C2)nc2c1ncn2C. The number of imidazole rings is 2. The van der Waals surface area contributed by atoms with E-state index in [1.807, 2.05) is 4.90 Å². The van der Waals surface area contributed by atoms with Crippen molar-refractivity contribution in [3.05, 3.63) is 52.8 Å². The number of aromatic amines is 1. The van der Waals surface area contributed by atoms with Crippen molar-refractivity contribution in [2.45, 2.75) is 25.7 Å². The van der Waals surface area contributed by atoms with Gasteiger partial charge in [-0.15, -0.1) is 5.10 Å². The number of aromatic nitrogens is 12. The molecule has 63 heavy (non-hydrogen) atoms. The molecule has 2 aliphatic heterocycles. The highest BCUT2D eigenvalue weighted by Crippen LogP contribution is 2.31. The average molecular weight is 938 g/mol. The summed E-state index contributed by atoms with van der Waals surface area (Å²) in [5.74, 6) is -1.27. The van der Waals surface area contributed by atoms with Crippen LogP contribution in [0.2, 0.25) is 0 Å². The van der Waals surface area contributed by atoms with E-state index in [2.05, 4.69) is 77.0 Å². The number of benzene rings is 1. The second-order valence-corrected chi connectivity index (χ2v) is 16.0. The van der Waals surface area contributed by atoms with Crippen molar-refractivity contribution in [3.8, 4) is 5.88 Å². The molecule has 0 aliphatic carbocycles. The molecule has 0 bridgehead atoms. The highest BCUT2D eigenvalue weighted by Gasteiger charge is 2.37. The fourth-order valence-electron chi connectivity index (χ4n) is 7.31. The molecule has 6 aromatic heterocycles. The van der Waals surface area contributed by atoms with Crippen LogP contribution >= 0.6 is 15.9 Å². The van der Waals surface area contributed by atoms with Crippen molar-refractivity contribution >= 4 is 85.1 Å². The van der Waals surface area contributed by atoms with Gasteiger partial charge in [0.1, 0.15) is 29.8 Å². The van der Waals surface area contributed by atoms with E-state index in [-0.39, 0.29) is 50.8 Å². The Morgan fingerprint density at radius 3 is 2.57 bits per heavy atom. The van der Waals surface area contributed by atoms with Crippen molar-refractivity contribution in [1.29, 1.82) is 0 Å². The number of halogens is 4. The van der Waals surface area contributed by atoms with Crippen LogP contribution in [0, 0.1) is 17.6 Å². The Labute approximate surface area is 363 Å². The molecule has 2 saturated heterocycles. The van der Waals surface area contributed by atoms with Gasteiger partial charge in [0.15, 0.2) is 34.3 Å². The molecule has 0 saturated carbocycles. The molecule has 22 nitrogen and oxygen atoms in total. The maximum Gasteiger partial charge on any atom is 0.409 e. The first-order valence-electron chi connectivity index (χ1n) is 19.7. The number of methoxy groups -OCH3 is 1. The summed E-state index contributed by atoms with van der Waals surface area (Å²) < 4.78 is 59.9. The fraction of sp³-hybridized carbons (Fsp3) is 0.405. The second-order valence-electron chi connectivity index (χ2n) is 15.1. The lowest BCUT2D eigenvalue weighted by Crippen LogP contribution is -2.50. The summed E-state index contributed by atoms with van der Waals surface area (Å²) in [4.78, 5) is 61.7. The first-order chi connectivity index (χ1) is 30.3. The monoisotopic (exact) mass is 936 g/mol. The van der Waals surface area contributed by atoms with Gasteiger partial charge in [-0.25, -0.2) is 27.9 Å². The third-order valence-corrected chi connectivity index (χ3v) is 11.3. The third-order valence-electron chi connectivity index (χ3n) is 10.7. The molecule has 2 aliphatic rings. The van der Waals surface area contributed by atoms with E-state index in [1.54, 1.807) is 53.9 Å². The normalized spacial score (nSPS) is 17.2. The first kappa shape index (κ1) is 41.4. The van der Waals surface area contributed by atoms with Crippen LogP contribution in [0.3, 0.4) is 0 Å². The van der Waals surface area contributed by atoms with Gasteiger partial charge in [-0.2, -0.15) is 29.5 Å². The molecule has 2 amide bonds. The first-order valence-corrected chi connectivity index (χ1v) is 20.5. The van der Waals surface area contributed by atoms with Crippen LogP contribution in [0.25, 0.3) is 27.8 Å². The molecular formula is C37H40BrF3N18O4. The second kappa shape index (κ2) is 16.7. The third kappa shape index (κ3) is 8.12. The molecule has 7 aromatic rings. The molecule has 2 fully saturated rings. The number of ether oxygens (including phenoxy) is 2. The summed E-state index contributed by atoms with van der Waals surface area (Å²) >= 11 is 3.47. The van der Waals surface area contributed by atoms with Crippen LogP contribution < -0.4 is 30.5 Å². The van der Waals surface area contributed by atoms with Crippen molar-refractivity contribution in [2.24, 2.45) is 20.0 Å². The molecule has 3 atom stereocenters. The lowest BCUT2D eigenvalue weighted by molar-refractivity contribution is -0.126. The summed E-state index contributed by atoms with van der Waals surface area (Å²) in [5.41, 5.74) is 2.28. The quantitative estimate of drug-likeness (QED) is 0.138. The number of anilines is 5. The molecule has 1 unspecified atom stereocenters. The number of piperazine rings is 1. The minimum absolute atomic E-state index is 0.0657. The summed E-state index contributed by atoms with van der Waals surface area (Å²) in [6, 6.07) is 1.57. The van der Waals surface area contributed by atoms with Gasteiger partial charge in [0.05, 0.1) is 60.9 Å². The van der Waals surface area contributed by atoms with Crippen molar-refractivity contribution in [1.82, 2.24) is 69.1 Å². The topological polar surface area (TPSA) is 232 Å². The number of alkyl halides is 1. The maximum atomic E-state index is 15.5. The molecule has 0 spiro atoms. The van der Waals surface area contributed by atoms with Crippen molar-refractivity contribution in [3.63, 3.8) is 0 Å². The Balaban J connectivity index is 0.780. The Bertz CT molecular complexity index is 2860. The fourth-order valence-corrected chi connectivity index (χ4v) is 7.66. The van der Waals surface area contributed by atoms with Crippen LogP contribution in [0.1, 0.15) is 12.7 Å². The molecule has 9 rings (SSSR count). The van der Waals surface area contributed by atoms with Crippen LogP contribution in [0.4, 0.5) is 47.3 Å². The van der Waals surface area contributed by atoms with Gasteiger partial charge in [-0.3, -0.25) is 9.48 Å². The van der Waals surface area contributed by atoms with E-state index in [0.717, 1.165) is 6.07 Å². The van der Waals surface area contributed by atoms with Gasteiger partial charge < -0.3 is 49.7 Å². The van der Waals surface area contributed by atoms with E-state index in [4.69, 9.17) is 9.47 Å². The van der Waals surface area contributed by atoms with Gasteiger partial charge in [0.2, 0.25) is 23.8 Å². The predicted molar refractivity (Wildman–Crippen MR) is 225 cm³/mol. The number of carbonyl (C=O) groups is 2. The van der Waals surface area contributed by atoms with E-state index < -0.39 is 41.8 Å². The smallest absolute Gasteiger partial charge is 0.409 e. The number of amides is 2. The summed E-state index contributed by atoms with van der Waals surface area (Å²) in [7, 11) is 5.05. The zero-order valence-corrected chi connectivity index (χ0v) is 35.8. The lowest BCUT2D eigenvalue weighted by Gasteiger charge is -2.34. The molecule has 8 heterocycles. The average Bonchev–Trinajstić information content (AvgIpc) is 4.12. The van der Waals surface area contributed by atoms with Crippen molar-refractivity contribution in [2.75, 3.05) is 73.4 Å². The van der Waals surface area contributed by atoms with E-state index in [1.165, 1.54) is 22.6 Å². The Morgan fingerprint density at radius 1 is 1.00 bits per heavy atom. The highest BCUT2D eigenvalue weighted by molar-refractivity contribution is 9.10. The van der Waals surface area contributed by atoms with Crippen LogP contribution in [0.15, 0.2) is 35.3 Å². The van der Waals surface area contributed by atoms with Crippen LogP contribution in [-0.2, 0) is 30.2 Å². The van der Waals surface area contributed by atoms with Gasteiger partial charge in [0, 0.05) is 46.8 Å². The number of rotatable bonds is 12. The molecule has 26 heteroatoms. The predicted octanol–water partition coefficient (Wildman–Crippen LogP) is 3.05. The Hall–Kier alpha value is -6.99. The Kier molecular flexibility index (Phi) is 11.0. The minimum atomic E-state index is -1.43. The van der Waals surface area contributed by atoms with E-state index in [9.17, 15) is 18.4 Å². The number of carbonyl (C=O) groups excluding carboxylic acids is 2. The zero-order valence-electron chi connectivity index (χ0n) is 34.2. The summed E-state index contributed by atoms with van der Waals surface area (Å²) in [6.07, 6.45) is 2.88. The summed E-state index contributed by atoms with van der Waals surface area (Å²) in [6.45, 7) is 2.78. The molecule has 1 aromatic carbocycles. The van der Waals surface area contributed by atoms with Gasteiger partial charge >= 0.3 is 6.09 Å². The van der Waals surface area contributed by atoms with Gasteiger partial charge in [0.25, 0.3) is 5.88 Å². The molecule has 4 N–H and O–H groups in total. The zero-order chi connectivity index (χ0) is 44.1. The number of fused-ring (bicyclic) bond motifs is 3. The standard InChI is InChI=1S/C37H40BrF3N18O4/c1-18(32(60)47-23-15-58(13-21(23)40)35-49-29(28-31(51-35)54(2)17-43-28)46-24-14-55(3)53-33(24)62-4)16-63-37(61)57-9-7-56(8-10-57)36-50-30-19(38)11-44-59(30)34(52-36)42-12-25-45-22-6-5-20(39)26(41)27(22)48-25/h5-6,11,14,17-18,21,23H,7-10,12-13,15-16H2,1-4H3,(H,45,48)(H,47,60)(H,42,50,52)(H,46,49,51)/t18?,21-,23-/m1/s1. The Morgan fingerprint density at radius 2 is 1.78 bits per heavy atom. The molecule has 330 valence electrons. The number of nitrogens with one attached hydrogen (secondary N) is 4. The largest absolute Gasteiger partial charge is 0.478 e. The number of hydrogen-bond acceptors (Lipinski definition) is 16. The van der Waals surface area contributed by atoms with Crippen LogP contribution in [-0.4, -0.2) is 141 Å². The van der Waals surface area contributed by atoms with E-state index in [0.29, 0.717) is 75.0 Å². The van der Waals surface area contributed by atoms with E-state index >= 15 is 4.39 Å². The number of hydrogen-bond donors (Lipinski definition) is 4. The molecule has 0 radical (unpaired) electrons. The van der Waals surface area contributed by atoms with Crippen LogP contribution in [0.5, 0.6) is 5.88 Å². The number of nitrogens with zero attached hydrogens (tertiary/aromatic N) is 14. The highest BCUT2D eigenvalue weighted by atomic mass is 79.9. The number of aryl methyl sites for hydroxylation is 2. The maximum absolute atomic E-state index is 15.5. The van der Waals surface area contributed by atoms with Crippen molar-refractivity contribution < 1.29 is 32.2 Å². The lowest BCUT2D eigenvalue weighted by atomic mass is 10.1. The minimum Gasteiger partial charge on any atom is -0.478 e.